The summed E-state index contributed by atoms with van der Waals surface area (Å²) in [6, 6.07) is 12.4. The molecule has 0 unspecified atom stereocenters. The van der Waals surface area contributed by atoms with Gasteiger partial charge in [-0.25, -0.2) is 13.4 Å². The third kappa shape index (κ3) is 5.15. The predicted octanol–water partition coefficient (Wildman–Crippen LogP) is 4.29. The minimum Gasteiger partial charge on any atom is -0.501 e. The number of nitrogens with zero attached hydrogens (tertiary/aromatic N) is 4. The van der Waals surface area contributed by atoms with Crippen LogP contribution in [0.25, 0.3) is 17.5 Å². The number of benzene rings is 2. The molecule has 2 N–H and O–H groups in total. The Kier molecular flexibility index (Phi) is 7.76. The zero-order valence-electron chi connectivity index (χ0n) is 21.1. The molecule has 1 atom stereocenters. The van der Waals surface area contributed by atoms with Gasteiger partial charge in [0.2, 0.25) is 10.0 Å². The molecule has 0 aliphatic carbocycles. The maximum Gasteiger partial charge on any atom is 0.269 e. The molecule has 0 amide bonds. The van der Waals surface area contributed by atoms with E-state index in [-0.39, 0.29) is 23.7 Å². The average molecular weight is 526 g/mol. The van der Waals surface area contributed by atoms with Crippen LogP contribution in [0, 0.1) is 10.1 Å². The number of non-ortho nitro benzene ring substituents is 1. The van der Waals surface area contributed by atoms with E-state index >= 15 is 0 Å². The van der Waals surface area contributed by atoms with E-state index in [1.807, 2.05) is 23.6 Å². The predicted molar refractivity (Wildman–Crippen MR) is 141 cm³/mol. The van der Waals surface area contributed by atoms with Gasteiger partial charge in [-0.2, -0.15) is 4.31 Å². The van der Waals surface area contributed by atoms with E-state index in [9.17, 15) is 18.5 Å². The lowest BCUT2D eigenvalue weighted by Gasteiger charge is -2.35. The van der Waals surface area contributed by atoms with Gasteiger partial charge < -0.3 is 15.0 Å². The van der Waals surface area contributed by atoms with E-state index in [0.29, 0.717) is 30.5 Å². The first-order valence-corrected chi connectivity index (χ1v) is 13.6. The van der Waals surface area contributed by atoms with Gasteiger partial charge in [0.1, 0.15) is 5.82 Å². The Labute approximate surface area is 216 Å². The van der Waals surface area contributed by atoms with E-state index in [4.69, 9.17) is 15.5 Å². The van der Waals surface area contributed by atoms with E-state index in [2.05, 4.69) is 26.0 Å². The molecule has 1 aromatic heterocycles. The van der Waals surface area contributed by atoms with Crippen LogP contribution < -0.4 is 5.73 Å². The highest BCUT2D eigenvalue weighted by Crippen LogP contribution is 2.37. The summed E-state index contributed by atoms with van der Waals surface area (Å²) in [6.07, 6.45) is 3.28. The van der Waals surface area contributed by atoms with Crippen molar-refractivity contribution >= 4 is 21.8 Å². The number of nitrogens with two attached hydrogens (primary N) is 1. The molecule has 2 aromatic carbocycles. The van der Waals surface area contributed by atoms with E-state index < -0.39 is 21.0 Å². The third-order valence-corrected chi connectivity index (χ3v) is 8.37. The van der Waals surface area contributed by atoms with Crippen LogP contribution in [0.2, 0.25) is 0 Å². The molecule has 196 valence electrons. The number of imidazole rings is 1. The highest BCUT2D eigenvalue weighted by Gasteiger charge is 2.39. The van der Waals surface area contributed by atoms with Gasteiger partial charge in [-0.15, -0.1) is 0 Å². The fraction of sp³-hybridized carbons (Fsp3) is 0.346. The molecular weight excluding hydrogens is 494 g/mol. The van der Waals surface area contributed by atoms with Crippen LogP contribution in [0.5, 0.6) is 0 Å². The van der Waals surface area contributed by atoms with Crippen molar-refractivity contribution in [2.24, 2.45) is 5.73 Å². The Balaban J connectivity index is 1.79. The fourth-order valence-electron chi connectivity index (χ4n) is 4.51. The summed E-state index contributed by atoms with van der Waals surface area (Å²) >= 11 is 0. The summed E-state index contributed by atoms with van der Waals surface area (Å²) in [5, 5.41) is 11.0. The van der Waals surface area contributed by atoms with Gasteiger partial charge in [-0.3, -0.25) is 10.1 Å². The van der Waals surface area contributed by atoms with Crippen molar-refractivity contribution in [2.75, 3.05) is 19.7 Å². The molecule has 1 aliphatic heterocycles. The van der Waals surface area contributed by atoms with Gasteiger partial charge in [0.15, 0.2) is 0 Å². The lowest BCUT2D eigenvalue weighted by molar-refractivity contribution is -0.384. The SMILES string of the molecule is CCO/C=C\c1nc(-c2ccc(C(C)C)cc2)n2c1[C@@H](CN)N(S(=O)(=O)c1ccc([N+](=O)[O-])cc1)CC2. The van der Waals surface area contributed by atoms with E-state index in [0.717, 1.165) is 11.4 Å². The monoisotopic (exact) mass is 525 g/mol. The largest absolute Gasteiger partial charge is 0.501 e. The number of rotatable bonds is 9. The highest BCUT2D eigenvalue weighted by atomic mass is 32.2. The topological polar surface area (TPSA) is 134 Å². The molecule has 37 heavy (non-hydrogen) atoms. The number of fused-ring (bicyclic) bond motifs is 1. The Hall–Kier alpha value is -3.54. The molecule has 1 aliphatic rings. The Morgan fingerprint density at radius 1 is 1.16 bits per heavy atom. The molecule has 2 heterocycles. The third-order valence-electron chi connectivity index (χ3n) is 6.44. The first-order valence-electron chi connectivity index (χ1n) is 12.1. The zero-order chi connectivity index (χ0) is 26.7. The van der Waals surface area contributed by atoms with Gasteiger partial charge in [-0.1, -0.05) is 38.1 Å². The minimum atomic E-state index is -3.99. The van der Waals surface area contributed by atoms with E-state index in [1.165, 1.54) is 34.1 Å². The number of ether oxygens (including phenoxy) is 1. The number of nitro benzene ring substituents is 1. The van der Waals surface area contributed by atoms with Crippen LogP contribution in [0.3, 0.4) is 0 Å². The molecule has 0 saturated heterocycles. The Bertz CT molecular complexity index is 1400. The van der Waals surface area contributed by atoms with Crippen molar-refractivity contribution in [1.29, 1.82) is 0 Å². The lowest BCUT2D eigenvalue weighted by atomic mass is 10.0. The number of hydrogen-bond donors (Lipinski definition) is 1. The minimum absolute atomic E-state index is 0.0269. The lowest BCUT2D eigenvalue weighted by Crippen LogP contribution is -2.45. The van der Waals surface area contributed by atoms with Crippen molar-refractivity contribution in [3.8, 4) is 11.4 Å². The summed E-state index contributed by atoms with van der Waals surface area (Å²) in [6.45, 7) is 7.20. The van der Waals surface area contributed by atoms with Gasteiger partial charge in [0.25, 0.3) is 5.69 Å². The first kappa shape index (κ1) is 26.5. The van der Waals surface area contributed by atoms with Crippen molar-refractivity contribution in [3.05, 3.63) is 81.9 Å². The molecule has 0 bridgehead atoms. The molecule has 0 saturated carbocycles. The van der Waals surface area contributed by atoms with Crippen molar-refractivity contribution in [3.63, 3.8) is 0 Å². The summed E-state index contributed by atoms with van der Waals surface area (Å²) < 4.78 is 36.0. The molecule has 0 spiro atoms. The van der Waals surface area contributed by atoms with Gasteiger partial charge >= 0.3 is 0 Å². The molecule has 3 aromatic rings. The van der Waals surface area contributed by atoms with Crippen molar-refractivity contribution in [2.45, 2.75) is 44.2 Å². The zero-order valence-corrected chi connectivity index (χ0v) is 21.9. The van der Waals surface area contributed by atoms with Crippen LogP contribution in [-0.2, 0) is 21.3 Å². The van der Waals surface area contributed by atoms with Crippen LogP contribution in [0.4, 0.5) is 5.69 Å². The highest BCUT2D eigenvalue weighted by molar-refractivity contribution is 7.89. The van der Waals surface area contributed by atoms with Crippen LogP contribution in [0.15, 0.2) is 59.7 Å². The Morgan fingerprint density at radius 3 is 2.41 bits per heavy atom. The molecule has 11 heteroatoms. The number of aromatic nitrogens is 2. The maximum atomic E-state index is 13.6. The second-order valence-electron chi connectivity index (χ2n) is 9.01. The van der Waals surface area contributed by atoms with Gasteiger partial charge in [0, 0.05) is 43.4 Å². The number of sulfonamides is 1. The second kappa shape index (κ2) is 10.8. The summed E-state index contributed by atoms with van der Waals surface area (Å²) in [4.78, 5) is 15.3. The first-order chi connectivity index (χ1) is 17.7. The average Bonchev–Trinajstić information content (AvgIpc) is 3.27. The quantitative estimate of drug-likeness (QED) is 0.250. The molecule has 10 nitrogen and oxygen atoms in total. The number of nitro groups is 1. The van der Waals surface area contributed by atoms with Crippen molar-refractivity contribution < 1.29 is 18.1 Å². The van der Waals surface area contributed by atoms with Gasteiger partial charge in [0.05, 0.1) is 40.1 Å². The summed E-state index contributed by atoms with van der Waals surface area (Å²) in [5.41, 5.74) is 9.39. The summed E-state index contributed by atoms with van der Waals surface area (Å²) in [7, 11) is -3.99. The second-order valence-corrected chi connectivity index (χ2v) is 10.9. The standard InChI is InChI=1S/C26H31N5O5S/c1-4-36-16-13-23-25-24(17-27)30(37(34,35)22-11-9-21(10-12-22)31(32)33)15-14-29(25)26(28-23)20-7-5-19(6-8-20)18(2)3/h5-13,16,18,24H,4,14-15,17,27H2,1-3H3/b16-13-/t24-/m1/s1. The number of hydrogen-bond acceptors (Lipinski definition) is 7. The fourth-order valence-corrected chi connectivity index (χ4v) is 6.11. The van der Waals surface area contributed by atoms with Crippen LogP contribution in [0.1, 0.15) is 49.7 Å². The molecule has 0 fully saturated rings. The maximum absolute atomic E-state index is 13.6. The van der Waals surface area contributed by atoms with Crippen molar-refractivity contribution in [1.82, 2.24) is 13.9 Å². The normalized spacial score (nSPS) is 16.3. The van der Waals surface area contributed by atoms with Crippen LogP contribution >= 0.6 is 0 Å². The molecule has 4 rings (SSSR count). The van der Waals surface area contributed by atoms with Crippen LogP contribution in [-0.4, -0.2) is 46.9 Å². The smallest absolute Gasteiger partial charge is 0.269 e. The summed E-state index contributed by atoms with van der Waals surface area (Å²) in [5.74, 6) is 1.13. The molecular formula is C26H31N5O5S. The van der Waals surface area contributed by atoms with Gasteiger partial charge in [-0.05, 0) is 30.5 Å². The van der Waals surface area contributed by atoms with E-state index in [1.54, 1.807) is 12.3 Å². The molecule has 0 radical (unpaired) electrons. The Morgan fingerprint density at radius 2 is 1.84 bits per heavy atom.